The number of benzene rings is 1. The lowest BCUT2D eigenvalue weighted by Crippen LogP contribution is -2.47. The van der Waals surface area contributed by atoms with Gasteiger partial charge in [0.15, 0.2) is 12.0 Å². The van der Waals surface area contributed by atoms with Crippen LogP contribution in [-0.4, -0.2) is 80.3 Å². The predicted molar refractivity (Wildman–Crippen MR) is 175 cm³/mol. The van der Waals surface area contributed by atoms with Crippen LogP contribution in [-0.2, 0) is 9.47 Å². The van der Waals surface area contributed by atoms with Crippen molar-refractivity contribution in [2.75, 3.05) is 23.4 Å². The first kappa shape index (κ1) is 32.8. The molecular formula is C33H39FN8O6. The van der Waals surface area contributed by atoms with Crippen molar-refractivity contribution in [2.24, 2.45) is 5.92 Å². The van der Waals surface area contributed by atoms with Gasteiger partial charge < -0.3 is 29.4 Å². The molecule has 6 rings (SSSR count). The highest BCUT2D eigenvalue weighted by Gasteiger charge is 2.47. The summed E-state index contributed by atoms with van der Waals surface area (Å²) in [6.45, 7) is 12.9. The molecule has 1 aromatic carbocycles. The number of fused-ring (bicyclic) bond motifs is 5. The molecule has 2 bridgehead atoms. The molecule has 2 amide bonds. The minimum Gasteiger partial charge on any atom is -0.444 e. The summed E-state index contributed by atoms with van der Waals surface area (Å²) in [7, 11) is 1.46. The predicted octanol–water partition coefficient (Wildman–Crippen LogP) is 5.82. The van der Waals surface area contributed by atoms with Crippen molar-refractivity contribution < 1.29 is 33.0 Å². The van der Waals surface area contributed by atoms with Gasteiger partial charge in [0.2, 0.25) is 0 Å². The van der Waals surface area contributed by atoms with Gasteiger partial charge in [-0.1, -0.05) is 0 Å². The van der Waals surface area contributed by atoms with Crippen molar-refractivity contribution in [3.8, 4) is 11.8 Å². The van der Waals surface area contributed by atoms with E-state index in [4.69, 9.17) is 19.2 Å². The second kappa shape index (κ2) is 11.9. The van der Waals surface area contributed by atoms with E-state index in [1.807, 2.05) is 20.8 Å². The molecule has 2 fully saturated rings. The molecule has 1 saturated heterocycles. The number of carbonyl (C=O) groups is 3. The van der Waals surface area contributed by atoms with E-state index in [1.165, 1.54) is 24.3 Å². The molecule has 48 heavy (non-hydrogen) atoms. The lowest BCUT2D eigenvalue weighted by molar-refractivity contribution is 0.0490. The number of nitrogens with zero attached hydrogens (tertiary/aromatic N) is 6. The molecule has 2 aliphatic rings. The number of aryl methyl sites for hydroxylation is 1. The topological polar surface area (TPSA) is 165 Å². The molecule has 14 nitrogen and oxygen atoms in total. The standard InChI is InChI=1S/C33H39FN8O6/c1-16-35-12-19(13-36-16)46-29-39-27-25(28(40-29)42-14-17-9-18(42)10-22(17)37-30(44)47-32(2,3)4)24-20(15-43)21(34)11-23(26(24)38-27)41(8)31(45)48-33(5,6)7/h11-13,15,17-18,22H,9-10,14H2,1-8H3,(H,37,44)(H,38,39,40)/t17-,18-,22-/m1/s1. The lowest BCUT2D eigenvalue weighted by Gasteiger charge is -2.33. The van der Waals surface area contributed by atoms with Gasteiger partial charge in [-0.05, 0) is 67.2 Å². The maximum absolute atomic E-state index is 15.7. The number of hydrogen-bond donors (Lipinski definition) is 2. The minimum absolute atomic E-state index is 0.0297. The zero-order chi connectivity index (χ0) is 34.7. The van der Waals surface area contributed by atoms with E-state index in [1.54, 1.807) is 27.7 Å². The number of aromatic nitrogens is 5. The number of H-pyrrole nitrogens is 1. The molecule has 0 spiro atoms. The third-order valence-corrected chi connectivity index (χ3v) is 8.29. The highest BCUT2D eigenvalue weighted by Crippen LogP contribution is 2.46. The zero-order valence-electron chi connectivity index (χ0n) is 28.2. The number of ether oxygens (including phenoxy) is 3. The van der Waals surface area contributed by atoms with Crippen molar-refractivity contribution in [1.82, 2.24) is 30.2 Å². The van der Waals surface area contributed by atoms with Crippen LogP contribution in [0.4, 0.5) is 25.5 Å². The van der Waals surface area contributed by atoms with Crippen LogP contribution in [0.1, 0.15) is 70.6 Å². The molecule has 3 aromatic heterocycles. The number of halogens is 1. The summed E-state index contributed by atoms with van der Waals surface area (Å²) in [6, 6.07) is 0.923. The normalized spacial score (nSPS) is 19.1. The summed E-state index contributed by atoms with van der Waals surface area (Å²) in [5, 5.41) is 3.62. The Morgan fingerprint density at radius 3 is 2.35 bits per heavy atom. The van der Waals surface area contributed by atoms with Crippen LogP contribution in [0.2, 0.25) is 0 Å². The second-order valence-corrected chi connectivity index (χ2v) is 14.2. The number of nitrogens with one attached hydrogen (secondary N) is 2. The summed E-state index contributed by atoms with van der Waals surface area (Å²) in [6.07, 6.45) is 3.63. The fourth-order valence-corrected chi connectivity index (χ4v) is 6.36. The van der Waals surface area contributed by atoms with Crippen molar-refractivity contribution in [3.63, 3.8) is 0 Å². The first-order chi connectivity index (χ1) is 22.5. The third kappa shape index (κ3) is 6.40. The van der Waals surface area contributed by atoms with E-state index in [0.29, 0.717) is 47.5 Å². The Balaban J connectivity index is 1.47. The van der Waals surface area contributed by atoms with Crippen molar-refractivity contribution >= 4 is 51.9 Å². The van der Waals surface area contributed by atoms with Crippen molar-refractivity contribution in [2.45, 2.75) is 84.6 Å². The lowest BCUT2D eigenvalue weighted by atomic mass is 10.0. The van der Waals surface area contributed by atoms with Crippen LogP contribution in [0.15, 0.2) is 18.5 Å². The summed E-state index contributed by atoms with van der Waals surface area (Å²) in [5.41, 5.74) is -0.945. The van der Waals surface area contributed by atoms with Gasteiger partial charge in [-0.25, -0.2) is 23.9 Å². The number of amides is 2. The minimum atomic E-state index is -0.823. The zero-order valence-corrected chi connectivity index (χ0v) is 28.2. The maximum Gasteiger partial charge on any atom is 0.414 e. The fraction of sp³-hybridized carbons (Fsp3) is 0.485. The molecule has 3 atom stereocenters. The first-order valence-corrected chi connectivity index (χ1v) is 15.7. The van der Waals surface area contributed by atoms with Crippen LogP contribution >= 0.6 is 0 Å². The Morgan fingerprint density at radius 2 is 1.75 bits per heavy atom. The van der Waals surface area contributed by atoms with E-state index in [2.05, 4.69) is 30.2 Å². The summed E-state index contributed by atoms with van der Waals surface area (Å²) in [4.78, 5) is 62.3. The average Bonchev–Trinajstić information content (AvgIpc) is 3.68. The molecule has 2 N–H and O–H groups in total. The van der Waals surface area contributed by atoms with Gasteiger partial charge in [-0.3, -0.25) is 9.69 Å². The number of hydrogen-bond acceptors (Lipinski definition) is 11. The highest BCUT2D eigenvalue weighted by molar-refractivity contribution is 6.21. The molecule has 254 valence electrons. The second-order valence-electron chi connectivity index (χ2n) is 14.2. The summed E-state index contributed by atoms with van der Waals surface area (Å²) >= 11 is 0. The number of anilines is 2. The Morgan fingerprint density at radius 1 is 1.06 bits per heavy atom. The van der Waals surface area contributed by atoms with E-state index in [9.17, 15) is 14.4 Å². The van der Waals surface area contributed by atoms with Crippen LogP contribution in [0.3, 0.4) is 0 Å². The number of rotatable bonds is 6. The van der Waals surface area contributed by atoms with Crippen molar-refractivity contribution in [3.05, 3.63) is 35.7 Å². The molecule has 4 heterocycles. The first-order valence-electron chi connectivity index (χ1n) is 15.7. The largest absolute Gasteiger partial charge is 0.444 e. The van der Waals surface area contributed by atoms with Crippen LogP contribution in [0.25, 0.3) is 21.9 Å². The number of aromatic amines is 1. The van der Waals surface area contributed by atoms with Crippen LogP contribution < -0.4 is 19.9 Å². The van der Waals surface area contributed by atoms with Gasteiger partial charge in [0.25, 0.3) is 0 Å². The molecule has 1 saturated carbocycles. The van der Waals surface area contributed by atoms with Crippen LogP contribution in [0.5, 0.6) is 11.8 Å². The number of aldehydes is 1. The average molecular weight is 663 g/mol. The Kier molecular flexibility index (Phi) is 8.12. The van der Waals surface area contributed by atoms with E-state index >= 15 is 4.39 Å². The SMILES string of the molecule is Cc1ncc(Oc2nc(N3C[C@H]4C[C@@H]3C[C@H]4NC(=O)OC(C)(C)C)c3c(n2)[nH]c2c(N(C)C(=O)OC(C)(C)C)cc(F)c(C=O)c23)cn1. The molecule has 15 heteroatoms. The number of carbonyl (C=O) groups excluding carboxylic acids is 3. The van der Waals surface area contributed by atoms with E-state index in [0.717, 1.165) is 12.5 Å². The molecule has 4 aromatic rings. The fourth-order valence-electron chi connectivity index (χ4n) is 6.36. The van der Waals surface area contributed by atoms with Crippen molar-refractivity contribution in [1.29, 1.82) is 0 Å². The van der Waals surface area contributed by atoms with Gasteiger partial charge in [-0.2, -0.15) is 9.97 Å². The van der Waals surface area contributed by atoms with Gasteiger partial charge in [0.1, 0.15) is 34.3 Å². The molecule has 0 unspecified atom stereocenters. The highest BCUT2D eigenvalue weighted by atomic mass is 19.1. The Bertz CT molecular complexity index is 1920. The smallest absolute Gasteiger partial charge is 0.414 e. The Hall–Kier alpha value is -5.08. The molecule has 0 radical (unpaired) electrons. The monoisotopic (exact) mass is 662 g/mol. The van der Waals surface area contributed by atoms with Gasteiger partial charge in [0.05, 0.1) is 34.5 Å². The van der Waals surface area contributed by atoms with E-state index in [-0.39, 0.29) is 46.3 Å². The number of piperidine rings is 1. The summed E-state index contributed by atoms with van der Waals surface area (Å²) < 4.78 is 32.7. The van der Waals surface area contributed by atoms with Gasteiger partial charge in [-0.15, -0.1) is 0 Å². The molecule has 1 aliphatic carbocycles. The molecular weight excluding hydrogens is 623 g/mol. The van der Waals surface area contributed by atoms with Crippen LogP contribution in [0, 0.1) is 18.7 Å². The quantitative estimate of drug-likeness (QED) is 0.239. The van der Waals surface area contributed by atoms with Gasteiger partial charge >= 0.3 is 18.2 Å². The molecule has 1 aliphatic heterocycles. The maximum atomic E-state index is 15.7. The summed E-state index contributed by atoms with van der Waals surface area (Å²) in [5.74, 6) is 0.525. The van der Waals surface area contributed by atoms with E-state index < -0.39 is 29.2 Å². The third-order valence-electron chi connectivity index (χ3n) is 8.29. The number of alkyl carbamates (subject to hydrolysis) is 1. The van der Waals surface area contributed by atoms with Gasteiger partial charge in [0, 0.05) is 37.1 Å². The Labute approximate surface area is 276 Å².